The standard InChI is InChI=1S/C13H8F6O2/c14-12(15,16)10(13(17,18)19)11(20)21-9-6-2-4-7-3-1-5-8(7)9/h1-4,6,10H,5H2. The van der Waals surface area contributed by atoms with Crippen LogP contribution in [0.2, 0.25) is 0 Å². The maximum atomic E-state index is 12.4. The summed E-state index contributed by atoms with van der Waals surface area (Å²) >= 11 is 0. The molecule has 2 rings (SSSR count). The van der Waals surface area contributed by atoms with Crippen molar-refractivity contribution in [1.82, 2.24) is 0 Å². The van der Waals surface area contributed by atoms with Crippen molar-refractivity contribution in [3.63, 3.8) is 0 Å². The summed E-state index contributed by atoms with van der Waals surface area (Å²) < 4.78 is 78.8. The zero-order valence-corrected chi connectivity index (χ0v) is 10.3. The minimum absolute atomic E-state index is 0.279. The zero-order valence-electron chi connectivity index (χ0n) is 10.3. The molecule has 2 nitrogen and oxygen atoms in total. The summed E-state index contributed by atoms with van der Waals surface area (Å²) in [7, 11) is 0. The van der Waals surface area contributed by atoms with Crippen molar-refractivity contribution in [2.24, 2.45) is 5.92 Å². The van der Waals surface area contributed by atoms with Crippen molar-refractivity contribution in [3.8, 4) is 5.75 Å². The van der Waals surface area contributed by atoms with Crippen molar-refractivity contribution in [3.05, 3.63) is 35.4 Å². The molecular formula is C13H8F6O2. The molecule has 1 aromatic rings. The van der Waals surface area contributed by atoms with Gasteiger partial charge < -0.3 is 4.74 Å². The Kier molecular flexibility index (Phi) is 3.73. The second kappa shape index (κ2) is 5.09. The fraction of sp³-hybridized carbons (Fsp3) is 0.308. The van der Waals surface area contributed by atoms with Crippen molar-refractivity contribution in [2.45, 2.75) is 18.8 Å². The predicted octanol–water partition coefficient (Wildman–Crippen LogP) is 3.90. The van der Waals surface area contributed by atoms with Crippen LogP contribution >= 0.6 is 0 Å². The number of hydrogen-bond donors (Lipinski definition) is 0. The van der Waals surface area contributed by atoms with Crippen molar-refractivity contribution < 1.29 is 35.9 Å². The SMILES string of the molecule is O=C(Oc1cccc2c1CC=C2)C(C(F)(F)F)C(F)(F)F. The molecule has 114 valence electrons. The van der Waals surface area contributed by atoms with Crippen LogP contribution in [-0.4, -0.2) is 18.3 Å². The number of rotatable bonds is 2. The zero-order chi connectivity index (χ0) is 15.8. The molecule has 8 heteroatoms. The lowest BCUT2D eigenvalue weighted by atomic mass is 10.1. The van der Waals surface area contributed by atoms with Crippen LogP contribution in [0.25, 0.3) is 6.08 Å². The third kappa shape index (κ3) is 3.20. The minimum Gasteiger partial charge on any atom is -0.425 e. The number of esters is 1. The molecule has 0 bridgehead atoms. The first-order valence-electron chi connectivity index (χ1n) is 5.74. The van der Waals surface area contributed by atoms with Crippen LogP contribution in [0.15, 0.2) is 24.3 Å². The second-order valence-corrected chi connectivity index (χ2v) is 4.37. The summed E-state index contributed by atoms with van der Waals surface area (Å²) in [4.78, 5) is 11.3. The molecule has 0 aromatic heterocycles. The van der Waals surface area contributed by atoms with E-state index in [9.17, 15) is 31.1 Å². The Bertz CT molecular complexity index is 571. The molecule has 1 aromatic carbocycles. The van der Waals surface area contributed by atoms with Gasteiger partial charge in [-0.05, 0) is 18.1 Å². The average Bonchev–Trinajstić information content (AvgIpc) is 2.73. The Labute approximate surface area is 115 Å². The van der Waals surface area contributed by atoms with Gasteiger partial charge >= 0.3 is 18.3 Å². The van der Waals surface area contributed by atoms with Gasteiger partial charge in [0.05, 0.1) is 0 Å². The van der Waals surface area contributed by atoms with E-state index in [2.05, 4.69) is 4.74 Å². The van der Waals surface area contributed by atoms with Crippen LogP contribution in [0.4, 0.5) is 26.3 Å². The third-order valence-electron chi connectivity index (χ3n) is 2.89. The smallest absolute Gasteiger partial charge is 0.411 e. The van der Waals surface area contributed by atoms with Gasteiger partial charge in [-0.2, -0.15) is 26.3 Å². The van der Waals surface area contributed by atoms with Gasteiger partial charge in [0.15, 0.2) is 0 Å². The van der Waals surface area contributed by atoms with Gasteiger partial charge in [-0.25, -0.2) is 0 Å². The molecule has 0 atom stereocenters. The van der Waals surface area contributed by atoms with E-state index in [0.717, 1.165) is 6.07 Å². The number of alkyl halides is 6. The Hall–Kier alpha value is -1.99. The summed E-state index contributed by atoms with van der Waals surface area (Å²) in [5, 5.41) is 0. The van der Waals surface area contributed by atoms with E-state index < -0.39 is 24.2 Å². The van der Waals surface area contributed by atoms with Gasteiger partial charge in [-0.1, -0.05) is 24.3 Å². The fourth-order valence-corrected chi connectivity index (χ4v) is 1.98. The molecule has 0 unspecified atom stereocenters. The maximum absolute atomic E-state index is 12.4. The number of carbonyl (C=O) groups excluding carboxylic acids is 1. The molecule has 0 saturated carbocycles. The van der Waals surface area contributed by atoms with Gasteiger partial charge in [0.1, 0.15) is 5.75 Å². The Morgan fingerprint density at radius 3 is 2.29 bits per heavy atom. The van der Waals surface area contributed by atoms with E-state index in [-0.39, 0.29) is 12.2 Å². The lowest BCUT2D eigenvalue weighted by molar-refractivity contribution is -0.279. The van der Waals surface area contributed by atoms with Gasteiger partial charge in [-0.15, -0.1) is 0 Å². The molecule has 0 radical (unpaired) electrons. The highest BCUT2D eigenvalue weighted by Crippen LogP contribution is 2.40. The molecule has 0 aliphatic heterocycles. The lowest BCUT2D eigenvalue weighted by Crippen LogP contribution is -2.44. The molecule has 0 fully saturated rings. The highest BCUT2D eigenvalue weighted by Gasteiger charge is 2.62. The summed E-state index contributed by atoms with van der Waals surface area (Å²) in [6.45, 7) is 0. The number of carbonyl (C=O) groups is 1. The normalized spacial score (nSPS) is 14.4. The Morgan fingerprint density at radius 2 is 1.71 bits per heavy atom. The van der Waals surface area contributed by atoms with Crippen molar-refractivity contribution in [1.29, 1.82) is 0 Å². The topological polar surface area (TPSA) is 26.3 Å². The lowest BCUT2D eigenvalue weighted by Gasteiger charge is -2.21. The van der Waals surface area contributed by atoms with Crippen molar-refractivity contribution >= 4 is 12.0 Å². The molecule has 1 aliphatic carbocycles. The van der Waals surface area contributed by atoms with Gasteiger partial charge in [0.2, 0.25) is 5.92 Å². The van der Waals surface area contributed by atoms with E-state index in [4.69, 9.17) is 0 Å². The van der Waals surface area contributed by atoms with E-state index in [1.165, 1.54) is 6.07 Å². The molecule has 0 saturated heterocycles. The van der Waals surface area contributed by atoms with E-state index in [0.29, 0.717) is 11.1 Å². The molecule has 1 aliphatic rings. The fourth-order valence-electron chi connectivity index (χ4n) is 1.98. The molecule has 21 heavy (non-hydrogen) atoms. The highest BCUT2D eigenvalue weighted by atomic mass is 19.4. The molecule has 0 N–H and O–H groups in total. The summed E-state index contributed by atoms with van der Waals surface area (Å²) in [6.07, 6.45) is -7.94. The number of fused-ring (bicyclic) bond motifs is 1. The monoisotopic (exact) mass is 310 g/mol. The van der Waals surface area contributed by atoms with Crippen LogP contribution < -0.4 is 4.74 Å². The number of hydrogen-bond acceptors (Lipinski definition) is 2. The highest BCUT2D eigenvalue weighted by molar-refractivity contribution is 5.78. The third-order valence-corrected chi connectivity index (χ3v) is 2.89. The average molecular weight is 310 g/mol. The molecule has 0 spiro atoms. The van der Waals surface area contributed by atoms with E-state index in [1.54, 1.807) is 18.2 Å². The quantitative estimate of drug-likeness (QED) is 0.470. The maximum Gasteiger partial charge on any atom is 0.411 e. The molecule has 0 amide bonds. The van der Waals surface area contributed by atoms with E-state index in [1.807, 2.05) is 0 Å². The molecular weight excluding hydrogens is 302 g/mol. The number of benzene rings is 1. The van der Waals surface area contributed by atoms with Crippen LogP contribution in [0.3, 0.4) is 0 Å². The molecule has 0 heterocycles. The van der Waals surface area contributed by atoms with Crippen LogP contribution in [0, 0.1) is 5.92 Å². The van der Waals surface area contributed by atoms with Gasteiger partial charge in [0, 0.05) is 5.56 Å². The predicted molar refractivity (Wildman–Crippen MR) is 60.4 cm³/mol. The van der Waals surface area contributed by atoms with Crippen molar-refractivity contribution in [2.75, 3.05) is 0 Å². The van der Waals surface area contributed by atoms with Gasteiger partial charge in [-0.3, -0.25) is 4.79 Å². The Morgan fingerprint density at radius 1 is 1.10 bits per heavy atom. The number of halogens is 6. The largest absolute Gasteiger partial charge is 0.425 e. The Balaban J connectivity index is 2.27. The van der Waals surface area contributed by atoms with Crippen LogP contribution in [0.5, 0.6) is 5.75 Å². The van der Waals surface area contributed by atoms with Crippen LogP contribution in [0.1, 0.15) is 11.1 Å². The first-order valence-corrected chi connectivity index (χ1v) is 5.74. The van der Waals surface area contributed by atoms with E-state index >= 15 is 0 Å². The van der Waals surface area contributed by atoms with Crippen LogP contribution in [-0.2, 0) is 11.2 Å². The summed E-state index contributed by atoms with van der Waals surface area (Å²) in [5.41, 5.74) is 0.977. The summed E-state index contributed by atoms with van der Waals surface area (Å²) in [5.74, 6) is -6.83. The summed E-state index contributed by atoms with van der Waals surface area (Å²) in [6, 6.07) is 4.15. The van der Waals surface area contributed by atoms with Gasteiger partial charge in [0.25, 0.3) is 0 Å². The minimum atomic E-state index is -5.76. The number of allylic oxidation sites excluding steroid dienone is 1. The second-order valence-electron chi connectivity index (χ2n) is 4.37. The number of ether oxygens (including phenoxy) is 1. The first kappa shape index (κ1) is 15.4. The first-order chi connectivity index (χ1) is 9.60.